The predicted molar refractivity (Wildman–Crippen MR) is 106 cm³/mol. The van der Waals surface area contributed by atoms with Crippen LogP contribution in [0.4, 0.5) is 0 Å². The van der Waals surface area contributed by atoms with E-state index in [1.807, 2.05) is 48.7 Å². The standard InChI is InChI=1S/C21H16N4OS/c26-12-16-1-5-18(6-2-16)19-7-10-21(23-11-19)27-13-17-3-8-20(9-4-17)25-15-22-14-24-25/h1-12,14-15H,13H2. The average Bonchev–Trinajstić information content (AvgIpc) is 3.28. The summed E-state index contributed by atoms with van der Waals surface area (Å²) in [4.78, 5) is 19.2. The van der Waals surface area contributed by atoms with Crippen LogP contribution in [0.5, 0.6) is 0 Å². The number of rotatable bonds is 6. The lowest BCUT2D eigenvalue weighted by atomic mass is 10.1. The summed E-state index contributed by atoms with van der Waals surface area (Å²) in [5.74, 6) is 0.845. The highest BCUT2D eigenvalue weighted by atomic mass is 32.2. The Labute approximate surface area is 161 Å². The zero-order valence-corrected chi connectivity index (χ0v) is 15.2. The molecule has 0 aliphatic carbocycles. The normalized spacial score (nSPS) is 10.7. The fourth-order valence-electron chi connectivity index (χ4n) is 2.63. The molecule has 0 fully saturated rings. The molecule has 0 N–H and O–H groups in total. The number of carbonyl (C=O) groups excluding carboxylic acids is 1. The van der Waals surface area contributed by atoms with Gasteiger partial charge in [0.25, 0.3) is 0 Å². The molecule has 0 unspecified atom stereocenters. The summed E-state index contributed by atoms with van der Waals surface area (Å²) in [6, 6.07) is 19.8. The number of nitrogens with zero attached hydrogens (tertiary/aromatic N) is 4. The van der Waals surface area contributed by atoms with Gasteiger partial charge < -0.3 is 0 Å². The lowest BCUT2D eigenvalue weighted by Gasteiger charge is -2.05. The van der Waals surface area contributed by atoms with E-state index in [-0.39, 0.29) is 0 Å². The number of hydrogen-bond donors (Lipinski definition) is 0. The Balaban J connectivity index is 1.39. The summed E-state index contributed by atoms with van der Waals surface area (Å²) in [6.07, 6.45) is 5.92. The minimum Gasteiger partial charge on any atom is -0.298 e. The van der Waals surface area contributed by atoms with Crippen molar-refractivity contribution in [3.63, 3.8) is 0 Å². The van der Waals surface area contributed by atoms with Crippen molar-refractivity contribution < 1.29 is 4.79 Å². The van der Waals surface area contributed by atoms with Gasteiger partial charge in [0.15, 0.2) is 0 Å². The molecular formula is C21H16N4OS. The van der Waals surface area contributed by atoms with Crippen LogP contribution < -0.4 is 0 Å². The Bertz CT molecular complexity index is 1010. The molecule has 2 aromatic carbocycles. The Morgan fingerprint density at radius 1 is 0.926 bits per heavy atom. The van der Waals surface area contributed by atoms with E-state index in [1.54, 1.807) is 22.8 Å². The maximum atomic E-state index is 10.7. The number of thioether (sulfide) groups is 1. The van der Waals surface area contributed by atoms with E-state index in [2.05, 4.69) is 33.3 Å². The highest BCUT2D eigenvalue weighted by molar-refractivity contribution is 7.98. The fraction of sp³-hybridized carbons (Fsp3) is 0.0476. The van der Waals surface area contributed by atoms with Crippen LogP contribution in [0.3, 0.4) is 0 Å². The number of aldehydes is 1. The van der Waals surface area contributed by atoms with E-state index in [9.17, 15) is 4.79 Å². The SMILES string of the molecule is O=Cc1ccc(-c2ccc(SCc3ccc(-n4cncn4)cc3)nc2)cc1. The molecule has 0 spiro atoms. The molecule has 0 saturated heterocycles. The van der Waals surface area contributed by atoms with Gasteiger partial charge in [-0.2, -0.15) is 5.10 Å². The van der Waals surface area contributed by atoms with Gasteiger partial charge in [0.2, 0.25) is 0 Å². The maximum Gasteiger partial charge on any atom is 0.150 e. The first-order valence-corrected chi connectivity index (χ1v) is 9.39. The highest BCUT2D eigenvalue weighted by Crippen LogP contribution is 2.25. The number of carbonyl (C=O) groups is 1. The molecule has 5 nitrogen and oxygen atoms in total. The van der Waals surface area contributed by atoms with Crippen LogP contribution >= 0.6 is 11.8 Å². The Kier molecular flexibility index (Phi) is 5.07. The van der Waals surface area contributed by atoms with E-state index in [0.29, 0.717) is 5.56 Å². The number of hydrogen-bond acceptors (Lipinski definition) is 5. The average molecular weight is 372 g/mol. The third kappa shape index (κ3) is 4.12. The first kappa shape index (κ1) is 17.2. The monoisotopic (exact) mass is 372 g/mol. The van der Waals surface area contributed by atoms with Crippen molar-refractivity contribution in [2.45, 2.75) is 10.8 Å². The Morgan fingerprint density at radius 2 is 1.70 bits per heavy atom. The van der Waals surface area contributed by atoms with Crippen LogP contribution in [0, 0.1) is 0 Å². The van der Waals surface area contributed by atoms with Gasteiger partial charge in [-0.25, -0.2) is 14.6 Å². The first-order chi connectivity index (χ1) is 13.3. The van der Waals surface area contributed by atoms with Crippen molar-refractivity contribution in [2.75, 3.05) is 0 Å². The summed E-state index contributed by atoms with van der Waals surface area (Å²) in [5, 5.41) is 5.10. The quantitative estimate of drug-likeness (QED) is 0.370. The number of pyridine rings is 1. The third-order valence-corrected chi connectivity index (χ3v) is 5.14. The van der Waals surface area contributed by atoms with Crippen molar-refractivity contribution in [1.29, 1.82) is 0 Å². The van der Waals surface area contributed by atoms with E-state index >= 15 is 0 Å². The van der Waals surface area contributed by atoms with Crippen molar-refractivity contribution in [2.24, 2.45) is 0 Å². The van der Waals surface area contributed by atoms with E-state index < -0.39 is 0 Å². The summed E-state index contributed by atoms with van der Waals surface area (Å²) in [6.45, 7) is 0. The molecular weight excluding hydrogens is 356 g/mol. The second kappa shape index (κ2) is 7.97. The number of aromatic nitrogens is 4. The Hall–Kier alpha value is -3.25. The van der Waals surface area contributed by atoms with E-state index in [4.69, 9.17) is 0 Å². The molecule has 6 heteroatoms. The smallest absolute Gasteiger partial charge is 0.150 e. The topological polar surface area (TPSA) is 60.7 Å². The molecule has 0 radical (unpaired) electrons. The molecule has 2 heterocycles. The highest BCUT2D eigenvalue weighted by Gasteiger charge is 2.02. The molecule has 0 aliphatic rings. The zero-order chi connectivity index (χ0) is 18.5. The molecule has 0 amide bonds. The van der Waals surface area contributed by atoms with Crippen LogP contribution in [0.2, 0.25) is 0 Å². The lowest BCUT2D eigenvalue weighted by Crippen LogP contribution is -1.94. The molecule has 0 aliphatic heterocycles. The minimum absolute atomic E-state index is 0.675. The molecule has 4 rings (SSSR count). The third-order valence-electron chi connectivity index (χ3n) is 4.12. The van der Waals surface area contributed by atoms with Gasteiger partial charge in [-0.1, -0.05) is 42.5 Å². The van der Waals surface area contributed by atoms with Crippen molar-refractivity contribution >= 4 is 18.0 Å². The lowest BCUT2D eigenvalue weighted by molar-refractivity contribution is 0.112. The molecule has 0 atom stereocenters. The van der Waals surface area contributed by atoms with Gasteiger partial charge >= 0.3 is 0 Å². The van der Waals surface area contributed by atoms with Gasteiger partial charge in [-0.05, 0) is 29.3 Å². The fourth-order valence-corrected chi connectivity index (χ4v) is 3.43. The van der Waals surface area contributed by atoms with Crippen LogP contribution in [0.25, 0.3) is 16.8 Å². The zero-order valence-electron chi connectivity index (χ0n) is 14.4. The summed E-state index contributed by atoms with van der Waals surface area (Å²) >= 11 is 1.69. The number of benzene rings is 2. The first-order valence-electron chi connectivity index (χ1n) is 8.40. The second-order valence-electron chi connectivity index (χ2n) is 5.92. The molecule has 4 aromatic rings. The van der Waals surface area contributed by atoms with Crippen LogP contribution in [-0.4, -0.2) is 26.0 Å². The van der Waals surface area contributed by atoms with E-state index in [1.165, 1.54) is 11.9 Å². The van der Waals surface area contributed by atoms with Crippen molar-refractivity contribution in [3.05, 3.63) is 90.6 Å². The largest absolute Gasteiger partial charge is 0.298 e. The van der Waals surface area contributed by atoms with Gasteiger partial charge in [0.1, 0.15) is 18.9 Å². The summed E-state index contributed by atoms with van der Waals surface area (Å²) in [7, 11) is 0. The van der Waals surface area contributed by atoms with Crippen LogP contribution in [0.15, 0.2) is 84.5 Å². The maximum absolute atomic E-state index is 10.7. The molecule has 27 heavy (non-hydrogen) atoms. The summed E-state index contributed by atoms with van der Waals surface area (Å²) in [5.41, 5.74) is 4.97. The minimum atomic E-state index is 0.675. The molecule has 2 aromatic heterocycles. The summed E-state index contributed by atoms with van der Waals surface area (Å²) < 4.78 is 1.73. The predicted octanol–water partition coefficient (Wildman–Crippen LogP) is 4.43. The molecule has 132 valence electrons. The molecule has 0 bridgehead atoms. The second-order valence-corrected chi connectivity index (χ2v) is 6.92. The Morgan fingerprint density at radius 3 is 2.33 bits per heavy atom. The van der Waals surface area contributed by atoms with Crippen LogP contribution in [0.1, 0.15) is 15.9 Å². The van der Waals surface area contributed by atoms with Crippen LogP contribution in [-0.2, 0) is 5.75 Å². The van der Waals surface area contributed by atoms with E-state index in [0.717, 1.165) is 33.9 Å². The van der Waals surface area contributed by atoms with Crippen molar-refractivity contribution in [3.8, 4) is 16.8 Å². The molecule has 0 saturated carbocycles. The van der Waals surface area contributed by atoms with Crippen molar-refractivity contribution in [1.82, 2.24) is 19.7 Å². The van der Waals surface area contributed by atoms with Gasteiger partial charge in [0.05, 0.1) is 10.7 Å². The van der Waals surface area contributed by atoms with Gasteiger partial charge in [0, 0.05) is 23.1 Å². The van der Waals surface area contributed by atoms with Gasteiger partial charge in [-0.15, -0.1) is 11.8 Å². The van der Waals surface area contributed by atoms with Gasteiger partial charge in [-0.3, -0.25) is 4.79 Å².